The molecule has 1 aliphatic heterocycles. The number of hydrogen-bond donors (Lipinski definition) is 2. The van der Waals surface area contributed by atoms with E-state index in [2.05, 4.69) is 29.7 Å². The number of hydrogen-bond acceptors (Lipinski definition) is 2. The molecule has 1 aliphatic rings. The Hall–Kier alpha value is -1.84. The number of halogens is 1. The quantitative estimate of drug-likeness (QED) is 0.901. The van der Waals surface area contributed by atoms with Crippen molar-refractivity contribution in [3.63, 3.8) is 0 Å². The van der Waals surface area contributed by atoms with Crippen molar-refractivity contribution < 1.29 is 4.79 Å². The molecule has 1 heterocycles. The minimum atomic E-state index is -0.125. The van der Waals surface area contributed by atoms with E-state index < -0.39 is 0 Å². The molecule has 1 amide bonds. The standard InChI is InChI=1S/C18H19ClN2O/c1-12-10-20-11-17(12)13-4-8-16(9-5-13)21-18(22)14-2-6-15(19)7-3-14/h2-9,12,17,20H,10-11H2,1H3,(H,21,22)/t12-,17-/m1/s1. The number of amides is 1. The van der Waals surface area contributed by atoms with Crippen LogP contribution in [0.3, 0.4) is 0 Å². The van der Waals surface area contributed by atoms with Crippen LogP contribution >= 0.6 is 11.6 Å². The van der Waals surface area contributed by atoms with Gasteiger partial charge in [0.25, 0.3) is 5.91 Å². The van der Waals surface area contributed by atoms with Crippen LogP contribution in [-0.4, -0.2) is 19.0 Å². The van der Waals surface area contributed by atoms with E-state index in [1.165, 1.54) is 5.56 Å². The third-order valence-corrected chi connectivity index (χ3v) is 4.47. The highest BCUT2D eigenvalue weighted by atomic mass is 35.5. The molecule has 0 saturated carbocycles. The zero-order valence-electron chi connectivity index (χ0n) is 12.5. The molecule has 2 atom stereocenters. The molecule has 0 unspecified atom stereocenters. The van der Waals surface area contributed by atoms with E-state index in [0.717, 1.165) is 18.8 Å². The molecule has 22 heavy (non-hydrogen) atoms. The number of anilines is 1. The Balaban J connectivity index is 1.68. The molecule has 0 radical (unpaired) electrons. The number of benzene rings is 2. The molecule has 2 N–H and O–H groups in total. The van der Waals surface area contributed by atoms with Crippen LogP contribution in [0.2, 0.25) is 5.02 Å². The second-order valence-corrected chi connectivity index (χ2v) is 6.26. The monoisotopic (exact) mass is 314 g/mol. The van der Waals surface area contributed by atoms with Gasteiger partial charge in [-0.15, -0.1) is 0 Å². The molecule has 114 valence electrons. The second kappa shape index (κ2) is 6.51. The van der Waals surface area contributed by atoms with E-state index in [-0.39, 0.29) is 5.91 Å². The molecule has 0 bridgehead atoms. The predicted octanol–water partition coefficient (Wildman–Crippen LogP) is 3.92. The second-order valence-electron chi connectivity index (χ2n) is 5.83. The van der Waals surface area contributed by atoms with Crippen LogP contribution in [0.25, 0.3) is 0 Å². The molecular formula is C18H19ClN2O. The molecule has 1 saturated heterocycles. The highest BCUT2D eigenvalue weighted by molar-refractivity contribution is 6.30. The normalized spacial score (nSPS) is 20.8. The summed E-state index contributed by atoms with van der Waals surface area (Å²) in [6, 6.07) is 15.0. The first-order valence-electron chi connectivity index (χ1n) is 7.51. The van der Waals surface area contributed by atoms with Crippen molar-refractivity contribution in [1.29, 1.82) is 0 Å². The molecular weight excluding hydrogens is 296 g/mol. The van der Waals surface area contributed by atoms with Gasteiger partial charge < -0.3 is 10.6 Å². The van der Waals surface area contributed by atoms with Crippen LogP contribution in [0.5, 0.6) is 0 Å². The van der Waals surface area contributed by atoms with Gasteiger partial charge in [0.2, 0.25) is 0 Å². The lowest BCUT2D eigenvalue weighted by Crippen LogP contribution is -2.12. The van der Waals surface area contributed by atoms with Crippen molar-refractivity contribution in [2.75, 3.05) is 18.4 Å². The first-order chi connectivity index (χ1) is 10.6. The van der Waals surface area contributed by atoms with E-state index >= 15 is 0 Å². The zero-order chi connectivity index (χ0) is 15.5. The lowest BCUT2D eigenvalue weighted by molar-refractivity contribution is 0.102. The lowest BCUT2D eigenvalue weighted by atomic mass is 9.90. The van der Waals surface area contributed by atoms with Crippen molar-refractivity contribution >= 4 is 23.2 Å². The highest BCUT2D eigenvalue weighted by Crippen LogP contribution is 2.28. The smallest absolute Gasteiger partial charge is 0.255 e. The van der Waals surface area contributed by atoms with E-state index in [9.17, 15) is 4.79 Å². The largest absolute Gasteiger partial charge is 0.322 e. The van der Waals surface area contributed by atoms with Gasteiger partial charge in [-0.1, -0.05) is 30.7 Å². The van der Waals surface area contributed by atoms with Gasteiger partial charge in [-0.25, -0.2) is 0 Å². The number of carbonyl (C=O) groups is 1. The van der Waals surface area contributed by atoms with Crippen LogP contribution in [0.15, 0.2) is 48.5 Å². The van der Waals surface area contributed by atoms with E-state index in [1.54, 1.807) is 24.3 Å². The van der Waals surface area contributed by atoms with Crippen molar-refractivity contribution in [2.24, 2.45) is 5.92 Å². The summed E-state index contributed by atoms with van der Waals surface area (Å²) in [7, 11) is 0. The highest BCUT2D eigenvalue weighted by Gasteiger charge is 2.24. The Labute approximate surface area is 135 Å². The van der Waals surface area contributed by atoms with Gasteiger partial charge in [0.1, 0.15) is 0 Å². The van der Waals surface area contributed by atoms with Gasteiger partial charge in [0, 0.05) is 28.7 Å². The molecule has 3 rings (SSSR count). The fraction of sp³-hybridized carbons (Fsp3) is 0.278. The third-order valence-electron chi connectivity index (χ3n) is 4.22. The summed E-state index contributed by atoms with van der Waals surface area (Å²) in [5, 5.41) is 6.95. The number of rotatable bonds is 3. The number of carbonyl (C=O) groups excluding carboxylic acids is 1. The fourth-order valence-electron chi connectivity index (χ4n) is 2.87. The summed E-state index contributed by atoms with van der Waals surface area (Å²) in [6.45, 7) is 4.36. The predicted molar refractivity (Wildman–Crippen MR) is 90.6 cm³/mol. The molecule has 0 spiro atoms. The minimum Gasteiger partial charge on any atom is -0.322 e. The maximum atomic E-state index is 12.2. The van der Waals surface area contributed by atoms with Gasteiger partial charge in [-0.05, 0) is 54.4 Å². The molecule has 2 aromatic carbocycles. The van der Waals surface area contributed by atoms with Gasteiger partial charge in [-0.3, -0.25) is 4.79 Å². The molecule has 1 fully saturated rings. The Morgan fingerprint density at radius 2 is 1.77 bits per heavy atom. The number of nitrogens with one attached hydrogen (secondary N) is 2. The zero-order valence-corrected chi connectivity index (χ0v) is 13.2. The van der Waals surface area contributed by atoms with Crippen LogP contribution in [0, 0.1) is 5.92 Å². The van der Waals surface area contributed by atoms with Crippen molar-refractivity contribution in [2.45, 2.75) is 12.8 Å². The SMILES string of the molecule is C[C@@H]1CNC[C@H]1c1ccc(NC(=O)c2ccc(Cl)cc2)cc1. The molecule has 0 aromatic heterocycles. The van der Waals surface area contributed by atoms with Crippen molar-refractivity contribution in [3.05, 3.63) is 64.7 Å². The molecule has 0 aliphatic carbocycles. The summed E-state index contributed by atoms with van der Waals surface area (Å²) in [4.78, 5) is 12.2. The molecule has 2 aromatic rings. The van der Waals surface area contributed by atoms with Crippen LogP contribution < -0.4 is 10.6 Å². The summed E-state index contributed by atoms with van der Waals surface area (Å²) in [5.41, 5.74) is 2.73. The van der Waals surface area contributed by atoms with Crippen LogP contribution in [0.4, 0.5) is 5.69 Å². The third kappa shape index (κ3) is 3.32. The Bertz CT molecular complexity index is 652. The van der Waals surface area contributed by atoms with Gasteiger partial charge in [0.15, 0.2) is 0 Å². The minimum absolute atomic E-state index is 0.125. The fourth-order valence-corrected chi connectivity index (χ4v) is 3.00. The average molecular weight is 315 g/mol. The first kappa shape index (κ1) is 15.1. The van der Waals surface area contributed by atoms with Crippen LogP contribution in [0.1, 0.15) is 28.8 Å². The first-order valence-corrected chi connectivity index (χ1v) is 7.89. The maximum absolute atomic E-state index is 12.2. The lowest BCUT2D eigenvalue weighted by Gasteiger charge is -2.15. The van der Waals surface area contributed by atoms with Gasteiger partial charge in [-0.2, -0.15) is 0 Å². The maximum Gasteiger partial charge on any atom is 0.255 e. The average Bonchev–Trinajstić information content (AvgIpc) is 2.95. The summed E-state index contributed by atoms with van der Waals surface area (Å²) in [5.74, 6) is 1.08. The molecule has 3 nitrogen and oxygen atoms in total. The van der Waals surface area contributed by atoms with Gasteiger partial charge >= 0.3 is 0 Å². The Kier molecular flexibility index (Phi) is 4.46. The van der Waals surface area contributed by atoms with Crippen molar-refractivity contribution in [1.82, 2.24) is 5.32 Å². The Morgan fingerprint density at radius 3 is 2.36 bits per heavy atom. The summed E-state index contributed by atoms with van der Waals surface area (Å²) in [6.07, 6.45) is 0. The Morgan fingerprint density at radius 1 is 1.09 bits per heavy atom. The van der Waals surface area contributed by atoms with Crippen LogP contribution in [-0.2, 0) is 0 Å². The van der Waals surface area contributed by atoms with E-state index in [0.29, 0.717) is 22.4 Å². The topological polar surface area (TPSA) is 41.1 Å². The van der Waals surface area contributed by atoms with E-state index in [4.69, 9.17) is 11.6 Å². The summed E-state index contributed by atoms with van der Waals surface area (Å²) < 4.78 is 0. The molecule has 4 heteroatoms. The van der Waals surface area contributed by atoms with Crippen molar-refractivity contribution in [3.8, 4) is 0 Å². The van der Waals surface area contributed by atoms with E-state index in [1.807, 2.05) is 12.1 Å². The van der Waals surface area contributed by atoms with Gasteiger partial charge in [0.05, 0.1) is 0 Å². The summed E-state index contributed by atoms with van der Waals surface area (Å²) >= 11 is 5.83.